The van der Waals surface area contributed by atoms with E-state index in [1.165, 1.54) is 18.2 Å². The summed E-state index contributed by atoms with van der Waals surface area (Å²) in [4.78, 5) is 24.8. The van der Waals surface area contributed by atoms with Crippen molar-refractivity contribution in [1.82, 2.24) is 4.90 Å². The first kappa shape index (κ1) is 22.7. The predicted octanol–water partition coefficient (Wildman–Crippen LogP) is 7.05. The molecule has 1 saturated heterocycles. The van der Waals surface area contributed by atoms with Crippen LogP contribution in [0.4, 0.5) is 11.4 Å². The topological polar surface area (TPSA) is 45.1 Å². The Labute approximate surface area is 208 Å². The van der Waals surface area contributed by atoms with Crippen molar-refractivity contribution >= 4 is 57.6 Å². The fourth-order valence-electron chi connectivity index (χ4n) is 4.56. The second-order valence-electron chi connectivity index (χ2n) is 8.25. The van der Waals surface area contributed by atoms with Crippen molar-refractivity contribution in [1.29, 1.82) is 0 Å². The van der Waals surface area contributed by atoms with E-state index in [1.54, 1.807) is 18.9 Å². The van der Waals surface area contributed by atoms with Gasteiger partial charge in [-0.05, 0) is 74.0 Å². The van der Waals surface area contributed by atoms with Gasteiger partial charge in [0, 0.05) is 22.5 Å². The number of carbonyl (C=O) groups is 1. The third-order valence-corrected chi connectivity index (χ3v) is 8.81. The summed E-state index contributed by atoms with van der Waals surface area (Å²) in [6.45, 7) is 2.87. The quantitative estimate of drug-likeness (QED) is 0.422. The Kier molecular flexibility index (Phi) is 6.63. The minimum atomic E-state index is 0.0685. The van der Waals surface area contributed by atoms with Gasteiger partial charge in [0.1, 0.15) is 15.7 Å². The second-order valence-corrected chi connectivity index (χ2v) is 10.7. The lowest BCUT2D eigenvalue weighted by atomic mass is 9.94. The number of aliphatic imine (C=N–C) groups is 1. The van der Waals surface area contributed by atoms with Crippen LogP contribution in [-0.2, 0) is 4.79 Å². The maximum absolute atomic E-state index is 13.9. The van der Waals surface area contributed by atoms with Crippen LogP contribution in [0.15, 0.2) is 62.3 Å². The molecule has 1 amide bonds. The number of methoxy groups -OCH3 is 1. The number of carbonyl (C=O) groups excluding carboxylic acids is 1. The Hall–Kier alpha value is -2.09. The molecular weight excluding hydrogens is 474 g/mol. The van der Waals surface area contributed by atoms with Gasteiger partial charge in [-0.2, -0.15) is 0 Å². The van der Waals surface area contributed by atoms with Crippen LogP contribution in [0.1, 0.15) is 39.0 Å². The van der Waals surface area contributed by atoms with E-state index < -0.39 is 0 Å². The van der Waals surface area contributed by atoms with Crippen LogP contribution in [0.25, 0.3) is 0 Å². The zero-order valence-electron chi connectivity index (χ0n) is 18.7. The van der Waals surface area contributed by atoms with Gasteiger partial charge in [-0.3, -0.25) is 9.69 Å². The first-order chi connectivity index (χ1) is 16.1. The minimum Gasteiger partial charge on any atom is -0.497 e. The zero-order valence-corrected chi connectivity index (χ0v) is 21.1. The van der Waals surface area contributed by atoms with Crippen LogP contribution >= 0.6 is 35.1 Å². The van der Waals surface area contributed by atoms with E-state index in [9.17, 15) is 4.79 Å². The highest BCUT2D eigenvalue weighted by Gasteiger charge is 2.42. The third kappa shape index (κ3) is 4.38. The maximum atomic E-state index is 13.9. The molecule has 0 radical (unpaired) electrons. The number of benzene rings is 2. The monoisotopic (exact) mass is 499 g/mol. The van der Waals surface area contributed by atoms with Gasteiger partial charge in [-0.15, -0.1) is 0 Å². The number of thioether (sulfide) groups is 2. The normalized spacial score (nSPS) is 22.4. The number of fused-ring (bicyclic) bond motifs is 1. The molecule has 1 aliphatic carbocycles. The molecule has 0 unspecified atom stereocenters. The van der Waals surface area contributed by atoms with Crippen molar-refractivity contribution in [3.63, 3.8) is 0 Å². The van der Waals surface area contributed by atoms with Crippen molar-refractivity contribution in [3.8, 4) is 5.75 Å². The molecule has 8 heteroatoms. The third-order valence-electron chi connectivity index (χ3n) is 6.22. The number of rotatable bonds is 4. The Bertz CT molecular complexity index is 1130. The molecule has 2 heterocycles. The number of ether oxygens (including phenoxy) is 1. The highest BCUT2D eigenvalue weighted by atomic mass is 35.5. The van der Waals surface area contributed by atoms with Gasteiger partial charge in [0.2, 0.25) is 0 Å². The number of amides is 1. The average molecular weight is 500 g/mol. The van der Waals surface area contributed by atoms with Crippen LogP contribution in [0.3, 0.4) is 0 Å². The van der Waals surface area contributed by atoms with Gasteiger partial charge in [0.15, 0.2) is 5.17 Å². The Balaban J connectivity index is 1.55. The predicted molar refractivity (Wildman–Crippen MR) is 139 cm³/mol. The first-order valence-corrected chi connectivity index (χ1v) is 13.3. The van der Waals surface area contributed by atoms with Gasteiger partial charge in [0.25, 0.3) is 5.91 Å². The number of hydrogen-bond acceptors (Lipinski definition) is 6. The zero-order chi connectivity index (χ0) is 22.9. The van der Waals surface area contributed by atoms with E-state index in [2.05, 4.69) is 11.8 Å². The number of halogens is 1. The van der Waals surface area contributed by atoms with E-state index in [1.807, 2.05) is 47.4 Å². The first-order valence-electron chi connectivity index (χ1n) is 11.3. The van der Waals surface area contributed by atoms with Gasteiger partial charge in [-0.25, -0.2) is 4.99 Å². The number of anilines is 1. The number of nitrogens with zero attached hydrogens (tertiary/aromatic N) is 3. The molecule has 172 valence electrons. The summed E-state index contributed by atoms with van der Waals surface area (Å²) in [6.07, 6.45) is 5.59. The summed E-state index contributed by atoms with van der Waals surface area (Å²) in [7, 11) is 1.65. The largest absolute Gasteiger partial charge is 0.497 e. The van der Waals surface area contributed by atoms with Crippen LogP contribution < -0.4 is 9.64 Å². The van der Waals surface area contributed by atoms with Crippen LogP contribution in [0.5, 0.6) is 5.75 Å². The molecular formula is C25H26ClN3O2S2. The van der Waals surface area contributed by atoms with Crippen molar-refractivity contribution in [3.05, 3.63) is 57.4 Å². The summed E-state index contributed by atoms with van der Waals surface area (Å²) >= 11 is 9.42. The fourth-order valence-corrected chi connectivity index (χ4v) is 7.16. The summed E-state index contributed by atoms with van der Waals surface area (Å²) in [5, 5.41) is 2.45. The molecule has 0 aromatic heterocycles. The number of hydrogen-bond donors (Lipinski definition) is 0. The average Bonchev–Trinajstić information content (AvgIpc) is 3.36. The molecule has 2 fully saturated rings. The standard InChI is InChI=1S/C25H26ClN3O2S2/c1-3-28-20-15-16(26)9-14-21(20)32-24(28)22-23(30)29(18-7-5-4-6-8-18)25(33-22)27-17-10-12-19(31-2)13-11-17/h9-15,18H,3-8H2,1-2H3/b24-22-,27-25?. The van der Waals surface area contributed by atoms with E-state index in [0.29, 0.717) is 5.02 Å². The molecule has 2 aromatic rings. The number of amidine groups is 1. The van der Waals surface area contributed by atoms with Crippen molar-refractivity contribution in [2.45, 2.75) is 50.0 Å². The Morgan fingerprint density at radius 2 is 1.85 bits per heavy atom. The molecule has 5 nitrogen and oxygen atoms in total. The van der Waals surface area contributed by atoms with Crippen LogP contribution in [-0.4, -0.2) is 35.7 Å². The van der Waals surface area contributed by atoms with Gasteiger partial charge in [-0.1, -0.05) is 42.6 Å². The van der Waals surface area contributed by atoms with Gasteiger partial charge in [0.05, 0.1) is 18.5 Å². The minimum absolute atomic E-state index is 0.0685. The SMILES string of the molecule is CCN1/C(=C2/SC(=Nc3ccc(OC)cc3)N(C3CCCCC3)C2=O)Sc2ccc(Cl)cc21. The highest BCUT2D eigenvalue weighted by Crippen LogP contribution is 2.52. The van der Waals surface area contributed by atoms with E-state index in [4.69, 9.17) is 21.3 Å². The molecule has 2 aromatic carbocycles. The fraction of sp³-hybridized carbons (Fsp3) is 0.360. The molecule has 0 atom stereocenters. The summed E-state index contributed by atoms with van der Waals surface area (Å²) in [5.74, 6) is 0.859. The van der Waals surface area contributed by atoms with Crippen molar-refractivity contribution in [2.75, 3.05) is 18.6 Å². The summed E-state index contributed by atoms with van der Waals surface area (Å²) in [5.41, 5.74) is 1.88. The Morgan fingerprint density at radius 1 is 1.09 bits per heavy atom. The Morgan fingerprint density at radius 3 is 2.55 bits per heavy atom. The smallest absolute Gasteiger partial charge is 0.269 e. The second kappa shape index (κ2) is 9.65. The van der Waals surface area contributed by atoms with Crippen LogP contribution in [0.2, 0.25) is 5.02 Å². The maximum Gasteiger partial charge on any atom is 0.269 e. The molecule has 33 heavy (non-hydrogen) atoms. The van der Waals surface area contributed by atoms with E-state index in [-0.39, 0.29) is 11.9 Å². The van der Waals surface area contributed by atoms with Gasteiger partial charge < -0.3 is 9.64 Å². The molecule has 2 aliphatic heterocycles. The van der Waals surface area contributed by atoms with E-state index >= 15 is 0 Å². The van der Waals surface area contributed by atoms with Crippen LogP contribution in [0, 0.1) is 0 Å². The lowest BCUT2D eigenvalue weighted by Crippen LogP contribution is -2.40. The summed E-state index contributed by atoms with van der Waals surface area (Å²) < 4.78 is 5.28. The van der Waals surface area contributed by atoms with Crippen molar-refractivity contribution < 1.29 is 9.53 Å². The molecule has 1 saturated carbocycles. The highest BCUT2D eigenvalue weighted by molar-refractivity contribution is 8.19. The molecule has 0 bridgehead atoms. The van der Waals surface area contributed by atoms with Crippen molar-refractivity contribution in [2.24, 2.45) is 4.99 Å². The van der Waals surface area contributed by atoms with E-state index in [0.717, 1.165) is 69.3 Å². The lowest BCUT2D eigenvalue weighted by Gasteiger charge is -2.30. The van der Waals surface area contributed by atoms with Gasteiger partial charge >= 0.3 is 0 Å². The summed E-state index contributed by atoms with van der Waals surface area (Å²) in [6, 6.07) is 13.8. The molecule has 5 rings (SSSR count). The molecule has 3 aliphatic rings. The molecule has 0 N–H and O–H groups in total. The lowest BCUT2D eigenvalue weighted by molar-refractivity contribution is -0.124. The molecule has 0 spiro atoms.